The fraction of sp³-hybridized carbons (Fsp3) is 0.650. The number of hydrogen-bond donors (Lipinski definition) is 1. The molecule has 0 aromatic heterocycles. The van der Waals surface area contributed by atoms with Gasteiger partial charge in [0.25, 0.3) is 5.91 Å². The molecule has 0 bridgehead atoms. The van der Waals surface area contributed by atoms with Crippen LogP contribution in [0.5, 0.6) is 0 Å². The van der Waals surface area contributed by atoms with Crippen LogP contribution in [-0.4, -0.2) is 67.2 Å². The molecular weight excluding hydrogens is 314 g/mol. The lowest BCUT2D eigenvalue weighted by Crippen LogP contribution is -2.50. The highest BCUT2D eigenvalue weighted by Crippen LogP contribution is 2.22. The van der Waals surface area contributed by atoms with Crippen LogP contribution in [0.25, 0.3) is 0 Å². The summed E-state index contributed by atoms with van der Waals surface area (Å²) in [5.41, 5.74) is 1.98. The van der Waals surface area contributed by atoms with E-state index in [-0.39, 0.29) is 12.0 Å². The molecule has 136 valence electrons. The van der Waals surface area contributed by atoms with Crippen LogP contribution in [-0.2, 0) is 11.3 Å². The summed E-state index contributed by atoms with van der Waals surface area (Å²) in [6.45, 7) is 6.82. The third kappa shape index (κ3) is 4.22. The smallest absolute Gasteiger partial charge is 0.251 e. The number of amides is 1. The Balaban J connectivity index is 1.28. The molecule has 0 saturated carbocycles. The van der Waals surface area contributed by atoms with Gasteiger partial charge in [0.15, 0.2) is 0 Å². The number of rotatable bonds is 5. The van der Waals surface area contributed by atoms with Gasteiger partial charge in [-0.15, -0.1) is 0 Å². The third-order valence-electron chi connectivity index (χ3n) is 5.75. The summed E-state index contributed by atoms with van der Waals surface area (Å²) < 4.78 is 5.93. The molecule has 0 unspecified atom stereocenters. The molecule has 3 fully saturated rings. The Morgan fingerprint density at radius 1 is 1.20 bits per heavy atom. The van der Waals surface area contributed by atoms with Crippen LogP contribution in [0.2, 0.25) is 0 Å². The minimum absolute atomic E-state index is 0.00965. The van der Waals surface area contributed by atoms with Crippen LogP contribution in [0.3, 0.4) is 0 Å². The first-order valence-corrected chi connectivity index (χ1v) is 9.73. The Hall–Kier alpha value is -1.43. The highest BCUT2D eigenvalue weighted by atomic mass is 16.5. The largest absolute Gasteiger partial charge is 0.373 e. The van der Waals surface area contributed by atoms with Crippen molar-refractivity contribution >= 4 is 5.91 Å². The van der Waals surface area contributed by atoms with Crippen LogP contribution in [0.1, 0.15) is 41.6 Å². The molecule has 2 atom stereocenters. The molecule has 3 aliphatic rings. The van der Waals surface area contributed by atoms with E-state index in [9.17, 15) is 4.79 Å². The van der Waals surface area contributed by atoms with Gasteiger partial charge in [-0.2, -0.15) is 0 Å². The van der Waals surface area contributed by atoms with Gasteiger partial charge < -0.3 is 10.1 Å². The second-order valence-electron chi connectivity index (χ2n) is 7.64. The molecule has 5 heteroatoms. The van der Waals surface area contributed by atoms with Crippen molar-refractivity contribution in [2.75, 3.05) is 39.3 Å². The van der Waals surface area contributed by atoms with Crippen molar-refractivity contribution in [2.24, 2.45) is 0 Å². The van der Waals surface area contributed by atoms with Crippen LogP contribution in [0.4, 0.5) is 0 Å². The lowest BCUT2D eigenvalue weighted by molar-refractivity contribution is -0.0461. The number of likely N-dealkylation sites (tertiary alicyclic amines) is 1. The highest BCUT2D eigenvalue weighted by molar-refractivity contribution is 5.94. The summed E-state index contributed by atoms with van der Waals surface area (Å²) in [5.74, 6) is 0.00965. The number of ether oxygens (including phenoxy) is 1. The zero-order valence-electron chi connectivity index (χ0n) is 15.0. The summed E-state index contributed by atoms with van der Waals surface area (Å²) in [6.07, 6.45) is 5.23. The van der Waals surface area contributed by atoms with Crippen molar-refractivity contribution in [1.29, 1.82) is 0 Å². The number of nitrogens with zero attached hydrogens (tertiary/aromatic N) is 2. The zero-order valence-corrected chi connectivity index (χ0v) is 15.0. The number of benzene rings is 1. The van der Waals surface area contributed by atoms with Crippen molar-refractivity contribution in [3.63, 3.8) is 0 Å². The van der Waals surface area contributed by atoms with E-state index < -0.39 is 0 Å². The van der Waals surface area contributed by atoms with Crippen molar-refractivity contribution in [1.82, 2.24) is 15.1 Å². The minimum atomic E-state index is 0.00965. The Morgan fingerprint density at radius 3 is 2.96 bits per heavy atom. The molecule has 0 aliphatic carbocycles. The molecule has 0 spiro atoms. The van der Waals surface area contributed by atoms with Crippen molar-refractivity contribution in [3.05, 3.63) is 35.4 Å². The molecule has 5 nitrogen and oxygen atoms in total. The number of carbonyl (C=O) groups excluding carboxylic acids is 1. The summed E-state index contributed by atoms with van der Waals surface area (Å²) in [6, 6.07) is 8.65. The van der Waals surface area contributed by atoms with Crippen LogP contribution >= 0.6 is 0 Å². The standard InChI is InChI=1S/C20H29N3O2/c24-20(21-12-19-14-23-10-4-7-18(23)15-25-19)17-6-3-5-16(11-17)13-22-8-1-2-9-22/h3,5-6,11,18-19H,1-2,4,7-10,12-15H2,(H,21,24)/t18-,19+/m1/s1. The van der Waals surface area contributed by atoms with Gasteiger partial charge in [-0.1, -0.05) is 12.1 Å². The predicted octanol–water partition coefficient (Wildman–Crippen LogP) is 1.88. The monoisotopic (exact) mass is 343 g/mol. The van der Waals surface area contributed by atoms with Gasteiger partial charge in [-0.05, 0) is 63.0 Å². The first-order chi connectivity index (χ1) is 12.3. The molecule has 1 aromatic carbocycles. The number of hydrogen-bond acceptors (Lipinski definition) is 4. The first-order valence-electron chi connectivity index (χ1n) is 9.73. The van der Waals surface area contributed by atoms with Crippen LogP contribution in [0, 0.1) is 0 Å². The van der Waals surface area contributed by atoms with E-state index in [1.54, 1.807) is 0 Å². The molecule has 25 heavy (non-hydrogen) atoms. The van der Waals surface area contributed by atoms with E-state index in [0.717, 1.165) is 25.3 Å². The fourth-order valence-electron chi connectivity index (χ4n) is 4.33. The maximum absolute atomic E-state index is 12.5. The van der Waals surface area contributed by atoms with E-state index >= 15 is 0 Å². The van der Waals surface area contributed by atoms with E-state index in [0.29, 0.717) is 12.6 Å². The second kappa shape index (κ2) is 7.85. The SMILES string of the molecule is O=C(NC[C@H]1CN2CCC[C@@H]2CO1)c1cccc(CN2CCCC2)c1. The van der Waals surface area contributed by atoms with Gasteiger partial charge in [0.2, 0.25) is 0 Å². The average molecular weight is 343 g/mol. The lowest BCUT2D eigenvalue weighted by atomic mass is 10.1. The fourth-order valence-corrected chi connectivity index (χ4v) is 4.33. The molecule has 1 amide bonds. The first kappa shape index (κ1) is 17.0. The minimum Gasteiger partial charge on any atom is -0.373 e. The third-order valence-corrected chi connectivity index (χ3v) is 5.75. The molecule has 3 aliphatic heterocycles. The van der Waals surface area contributed by atoms with E-state index in [2.05, 4.69) is 21.2 Å². The van der Waals surface area contributed by atoms with Crippen molar-refractivity contribution in [2.45, 2.75) is 44.4 Å². The molecule has 3 heterocycles. The average Bonchev–Trinajstić information content (AvgIpc) is 3.31. The predicted molar refractivity (Wildman–Crippen MR) is 97.6 cm³/mol. The Labute approximate surface area is 150 Å². The lowest BCUT2D eigenvalue weighted by Gasteiger charge is -2.35. The van der Waals surface area contributed by atoms with Gasteiger partial charge in [0, 0.05) is 31.2 Å². The second-order valence-corrected chi connectivity index (χ2v) is 7.64. The van der Waals surface area contributed by atoms with Gasteiger partial charge in [-0.25, -0.2) is 0 Å². The Morgan fingerprint density at radius 2 is 2.08 bits per heavy atom. The maximum Gasteiger partial charge on any atom is 0.251 e. The van der Waals surface area contributed by atoms with Crippen molar-refractivity contribution in [3.8, 4) is 0 Å². The normalized spacial score (nSPS) is 27.4. The molecular formula is C20H29N3O2. The van der Waals surface area contributed by atoms with Crippen LogP contribution < -0.4 is 5.32 Å². The van der Waals surface area contributed by atoms with Crippen LogP contribution in [0.15, 0.2) is 24.3 Å². The summed E-state index contributed by atoms with van der Waals surface area (Å²) >= 11 is 0. The summed E-state index contributed by atoms with van der Waals surface area (Å²) in [4.78, 5) is 17.5. The zero-order chi connectivity index (χ0) is 17.1. The molecule has 4 rings (SSSR count). The van der Waals surface area contributed by atoms with E-state index in [1.165, 1.54) is 50.9 Å². The Bertz CT molecular complexity index is 600. The number of morpholine rings is 1. The topological polar surface area (TPSA) is 44.8 Å². The molecule has 3 saturated heterocycles. The molecule has 1 N–H and O–H groups in total. The van der Waals surface area contributed by atoms with Gasteiger partial charge >= 0.3 is 0 Å². The molecule has 0 radical (unpaired) electrons. The van der Waals surface area contributed by atoms with Gasteiger partial charge in [0.1, 0.15) is 0 Å². The molecule has 1 aromatic rings. The summed E-state index contributed by atoms with van der Waals surface area (Å²) in [5, 5.41) is 3.07. The van der Waals surface area contributed by atoms with Gasteiger partial charge in [0.05, 0.1) is 12.7 Å². The quantitative estimate of drug-likeness (QED) is 0.887. The number of nitrogens with one attached hydrogen (secondary N) is 1. The number of fused-ring (bicyclic) bond motifs is 1. The summed E-state index contributed by atoms with van der Waals surface area (Å²) in [7, 11) is 0. The van der Waals surface area contributed by atoms with Gasteiger partial charge in [-0.3, -0.25) is 14.6 Å². The van der Waals surface area contributed by atoms with Crippen molar-refractivity contribution < 1.29 is 9.53 Å². The van der Waals surface area contributed by atoms with E-state index in [4.69, 9.17) is 4.74 Å². The Kier molecular flexibility index (Phi) is 5.34. The highest BCUT2D eigenvalue weighted by Gasteiger charge is 2.32. The number of carbonyl (C=O) groups is 1. The maximum atomic E-state index is 12.5. The van der Waals surface area contributed by atoms with E-state index in [1.807, 2.05) is 18.2 Å².